The van der Waals surface area contributed by atoms with E-state index in [1.807, 2.05) is 32.0 Å². The van der Waals surface area contributed by atoms with Crippen LogP contribution in [0.3, 0.4) is 0 Å². The van der Waals surface area contributed by atoms with Crippen LogP contribution >= 0.6 is 0 Å². The van der Waals surface area contributed by atoms with E-state index in [0.717, 1.165) is 11.5 Å². The molecule has 0 amide bonds. The molecule has 0 aliphatic carbocycles. The second kappa shape index (κ2) is 6.41. The molecular formula is C14H24O2. The summed E-state index contributed by atoms with van der Waals surface area (Å²) in [6, 6.07) is 5.97. The van der Waals surface area contributed by atoms with E-state index >= 15 is 0 Å². The smallest absolute Gasteiger partial charge is 0.122 e. The first-order valence-corrected chi connectivity index (χ1v) is 5.71. The molecule has 1 rings (SSSR count). The minimum Gasteiger partial charge on any atom is -0.497 e. The van der Waals surface area contributed by atoms with Crippen LogP contribution in [0.25, 0.3) is 0 Å². The van der Waals surface area contributed by atoms with Crippen LogP contribution in [0.1, 0.15) is 40.2 Å². The van der Waals surface area contributed by atoms with Gasteiger partial charge in [0.05, 0.1) is 14.2 Å². The molecule has 0 saturated carbocycles. The van der Waals surface area contributed by atoms with E-state index in [1.54, 1.807) is 14.2 Å². The number of hydrogen-bond donors (Lipinski definition) is 0. The van der Waals surface area contributed by atoms with E-state index in [-0.39, 0.29) is 5.41 Å². The fraction of sp³-hybridized carbons (Fsp3) is 0.571. The third-order valence-electron chi connectivity index (χ3n) is 2.22. The molecule has 0 N–H and O–H groups in total. The zero-order valence-electron chi connectivity index (χ0n) is 11.5. The van der Waals surface area contributed by atoms with Gasteiger partial charge in [0.1, 0.15) is 11.5 Å². The molecule has 0 saturated heterocycles. The van der Waals surface area contributed by atoms with Gasteiger partial charge in [0, 0.05) is 6.07 Å². The van der Waals surface area contributed by atoms with Crippen molar-refractivity contribution < 1.29 is 9.47 Å². The van der Waals surface area contributed by atoms with Crippen molar-refractivity contribution in [1.82, 2.24) is 0 Å². The van der Waals surface area contributed by atoms with Gasteiger partial charge < -0.3 is 9.47 Å². The maximum Gasteiger partial charge on any atom is 0.122 e. The standard InChI is InChI=1S/C12H18O2.C2H6/c1-12(2,3)9-6-10(13-4)8-11(7-9)14-5;1-2/h6-8H,1-5H3;1-2H3. The predicted molar refractivity (Wildman–Crippen MR) is 69.6 cm³/mol. The van der Waals surface area contributed by atoms with Crippen molar-refractivity contribution in [3.05, 3.63) is 23.8 Å². The van der Waals surface area contributed by atoms with E-state index < -0.39 is 0 Å². The Hall–Kier alpha value is -1.18. The van der Waals surface area contributed by atoms with Gasteiger partial charge in [-0.2, -0.15) is 0 Å². The Labute approximate surface area is 99.6 Å². The van der Waals surface area contributed by atoms with E-state index in [1.165, 1.54) is 5.56 Å². The van der Waals surface area contributed by atoms with Gasteiger partial charge in [-0.1, -0.05) is 34.6 Å². The molecule has 0 aromatic heterocycles. The molecule has 0 atom stereocenters. The SMILES string of the molecule is CC.COc1cc(OC)cc(C(C)(C)C)c1. The molecule has 0 fully saturated rings. The third-order valence-corrected chi connectivity index (χ3v) is 2.22. The van der Waals surface area contributed by atoms with Gasteiger partial charge in [0.15, 0.2) is 0 Å². The predicted octanol–water partition coefficient (Wildman–Crippen LogP) is 4.03. The average molecular weight is 224 g/mol. The molecule has 1 aromatic carbocycles. The summed E-state index contributed by atoms with van der Waals surface area (Å²) in [5, 5.41) is 0. The number of ether oxygens (including phenoxy) is 2. The lowest BCUT2D eigenvalue weighted by molar-refractivity contribution is 0.391. The van der Waals surface area contributed by atoms with E-state index in [2.05, 4.69) is 20.8 Å². The molecule has 16 heavy (non-hydrogen) atoms. The molecule has 0 bridgehead atoms. The van der Waals surface area contributed by atoms with Crippen LogP contribution < -0.4 is 9.47 Å². The quantitative estimate of drug-likeness (QED) is 0.755. The fourth-order valence-electron chi connectivity index (χ4n) is 1.24. The summed E-state index contributed by atoms with van der Waals surface area (Å²) < 4.78 is 10.4. The highest BCUT2D eigenvalue weighted by atomic mass is 16.5. The maximum atomic E-state index is 5.21. The summed E-state index contributed by atoms with van der Waals surface area (Å²) >= 11 is 0. The number of rotatable bonds is 2. The number of hydrogen-bond acceptors (Lipinski definition) is 2. The van der Waals surface area contributed by atoms with Crippen molar-refractivity contribution in [2.45, 2.75) is 40.0 Å². The Kier molecular flexibility index (Phi) is 5.94. The number of methoxy groups -OCH3 is 2. The Morgan fingerprint density at radius 2 is 1.19 bits per heavy atom. The molecule has 1 aromatic rings. The topological polar surface area (TPSA) is 18.5 Å². The highest BCUT2D eigenvalue weighted by molar-refractivity contribution is 5.41. The summed E-state index contributed by atoms with van der Waals surface area (Å²) in [7, 11) is 3.34. The molecule has 0 aliphatic rings. The number of benzene rings is 1. The molecular weight excluding hydrogens is 200 g/mol. The normalized spacial score (nSPS) is 10.2. The minimum atomic E-state index is 0.113. The van der Waals surface area contributed by atoms with Gasteiger partial charge >= 0.3 is 0 Å². The average Bonchev–Trinajstić information content (AvgIpc) is 2.29. The molecule has 0 heterocycles. The van der Waals surface area contributed by atoms with Crippen molar-refractivity contribution in [2.24, 2.45) is 0 Å². The van der Waals surface area contributed by atoms with Crippen LogP contribution in [0, 0.1) is 0 Å². The Bertz CT molecular complexity index is 289. The van der Waals surface area contributed by atoms with Crippen LogP contribution in [0.5, 0.6) is 11.5 Å². The Morgan fingerprint density at radius 1 is 0.812 bits per heavy atom. The zero-order valence-corrected chi connectivity index (χ0v) is 11.5. The minimum absolute atomic E-state index is 0.113. The van der Waals surface area contributed by atoms with Crippen LogP contribution in [0.15, 0.2) is 18.2 Å². The van der Waals surface area contributed by atoms with Crippen molar-refractivity contribution in [1.29, 1.82) is 0 Å². The van der Waals surface area contributed by atoms with Crippen molar-refractivity contribution >= 4 is 0 Å². The molecule has 0 radical (unpaired) electrons. The van der Waals surface area contributed by atoms with Gasteiger partial charge in [0.2, 0.25) is 0 Å². The largest absolute Gasteiger partial charge is 0.497 e. The Balaban J connectivity index is 0.00000106. The maximum absolute atomic E-state index is 5.21. The second-order valence-corrected chi connectivity index (χ2v) is 4.35. The molecule has 2 heteroatoms. The summed E-state index contributed by atoms with van der Waals surface area (Å²) in [5.74, 6) is 1.68. The van der Waals surface area contributed by atoms with E-state index in [9.17, 15) is 0 Å². The second-order valence-electron chi connectivity index (χ2n) is 4.35. The first-order valence-electron chi connectivity index (χ1n) is 5.71. The van der Waals surface area contributed by atoms with Gasteiger partial charge in [0.25, 0.3) is 0 Å². The lowest BCUT2D eigenvalue weighted by Crippen LogP contribution is -2.11. The fourth-order valence-corrected chi connectivity index (χ4v) is 1.24. The van der Waals surface area contributed by atoms with Crippen LogP contribution in [-0.4, -0.2) is 14.2 Å². The van der Waals surface area contributed by atoms with E-state index in [0.29, 0.717) is 0 Å². The summed E-state index contributed by atoms with van der Waals surface area (Å²) in [5.41, 5.74) is 1.33. The van der Waals surface area contributed by atoms with Crippen molar-refractivity contribution in [3.63, 3.8) is 0 Å². The lowest BCUT2D eigenvalue weighted by Gasteiger charge is -2.20. The molecule has 92 valence electrons. The highest BCUT2D eigenvalue weighted by Gasteiger charge is 2.15. The summed E-state index contributed by atoms with van der Waals surface area (Å²) in [6.07, 6.45) is 0. The van der Waals surface area contributed by atoms with Crippen LogP contribution in [-0.2, 0) is 5.41 Å². The first-order chi connectivity index (χ1) is 7.47. The van der Waals surface area contributed by atoms with Gasteiger partial charge in [-0.05, 0) is 23.1 Å². The molecule has 2 nitrogen and oxygen atoms in total. The Morgan fingerprint density at radius 3 is 1.44 bits per heavy atom. The first kappa shape index (κ1) is 14.8. The van der Waals surface area contributed by atoms with Gasteiger partial charge in [-0.15, -0.1) is 0 Å². The van der Waals surface area contributed by atoms with Crippen molar-refractivity contribution in [2.75, 3.05) is 14.2 Å². The molecule has 0 unspecified atom stereocenters. The van der Waals surface area contributed by atoms with Gasteiger partial charge in [-0.25, -0.2) is 0 Å². The molecule has 0 aliphatic heterocycles. The van der Waals surface area contributed by atoms with Crippen LogP contribution in [0.2, 0.25) is 0 Å². The third kappa shape index (κ3) is 4.13. The van der Waals surface area contributed by atoms with E-state index in [4.69, 9.17) is 9.47 Å². The van der Waals surface area contributed by atoms with Gasteiger partial charge in [-0.3, -0.25) is 0 Å². The highest BCUT2D eigenvalue weighted by Crippen LogP contribution is 2.30. The summed E-state index contributed by atoms with van der Waals surface area (Å²) in [4.78, 5) is 0. The molecule has 0 spiro atoms. The zero-order chi connectivity index (χ0) is 12.8. The summed E-state index contributed by atoms with van der Waals surface area (Å²) in [6.45, 7) is 10.5. The van der Waals surface area contributed by atoms with Crippen molar-refractivity contribution in [3.8, 4) is 11.5 Å². The lowest BCUT2D eigenvalue weighted by atomic mass is 9.87. The van der Waals surface area contributed by atoms with Crippen LogP contribution in [0.4, 0.5) is 0 Å². The monoisotopic (exact) mass is 224 g/mol.